The second-order valence-electron chi connectivity index (χ2n) is 7.72. The Bertz CT molecular complexity index is 737. The van der Waals surface area contributed by atoms with Gasteiger partial charge in [-0.1, -0.05) is 43.2 Å². The summed E-state index contributed by atoms with van der Waals surface area (Å²) in [5, 5.41) is 14.0. The summed E-state index contributed by atoms with van der Waals surface area (Å²) in [6.45, 7) is 0.151. The average molecular weight is 371 g/mol. The van der Waals surface area contributed by atoms with Crippen molar-refractivity contribution >= 4 is 17.8 Å². The summed E-state index contributed by atoms with van der Waals surface area (Å²) >= 11 is 0. The molecule has 4 rings (SSSR count). The van der Waals surface area contributed by atoms with Crippen LogP contribution >= 0.6 is 0 Å². The fourth-order valence-corrected chi connectivity index (χ4v) is 4.92. The van der Waals surface area contributed by atoms with Crippen LogP contribution in [0.2, 0.25) is 0 Å². The molecule has 144 valence electrons. The number of nitrogens with one attached hydrogen (secondary N) is 1. The van der Waals surface area contributed by atoms with Gasteiger partial charge in [0.1, 0.15) is 6.54 Å². The van der Waals surface area contributed by atoms with E-state index in [2.05, 4.69) is 5.32 Å². The Balaban J connectivity index is 1.56. The second kappa shape index (κ2) is 6.96. The Hall–Kier alpha value is -2.41. The van der Waals surface area contributed by atoms with Crippen molar-refractivity contribution in [2.24, 2.45) is 5.92 Å². The lowest BCUT2D eigenvalue weighted by atomic mass is 9.66. The van der Waals surface area contributed by atoms with Crippen molar-refractivity contribution in [3.8, 4) is 0 Å². The largest absolute Gasteiger partial charge is 0.385 e. The lowest BCUT2D eigenvalue weighted by Crippen LogP contribution is -2.60. The van der Waals surface area contributed by atoms with E-state index in [0.29, 0.717) is 13.0 Å². The molecular weight excluding hydrogens is 346 g/mol. The molecule has 1 saturated carbocycles. The molecule has 1 aromatic carbocycles. The molecule has 2 aliphatic heterocycles. The van der Waals surface area contributed by atoms with Crippen molar-refractivity contribution in [1.82, 2.24) is 15.1 Å². The predicted molar refractivity (Wildman–Crippen MR) is 97.5 cm³/mol. The van der Waals surface area contributed by atoms with E-state index < -0.39 is 11.6 Å². The topological polar surface area (TPSA) is 90.0 Å². The van der Waals surface area contributed by atoms with E-state index in [1.807, 2.05) is 30.3 Å². The fraction of sp³-hybridized carbons (Fsp3) is 0.550. The first-order valence-electron chi connectivity index (χ1n) is 9.66. The van der Waals surface area contributed by atoms with Gasteiger partial charge in [-0.2, -0.15) is 0 Å². The molecule has 2 saturated heterocycles. The van der Waals surface area contributed by atoms with Crippen molar-refractivity contribution in [3.63, 3.8) is 0 Å². The van der Waals surface area contributed by atoms with E-state index in [0.717, 1.165) is 36.1 Å². The maximum absolute atomic E-state index is 12.9. The van der Waals surface area contributed by atoms with Gasteiger partial charge in [-0.25, -0.2) is 4.79 Å². The Labute approximate surface area is 158 Å². The minimum atomic E-state index is -0.941. The number of likely N-dealkylation sites (tertiary alicyclic amines) is 1. The molecule has 4 amide bonds. The maximum atomic E-state index is 12.9. The molecule has 27 heavy (non-hydrogen) atoms. The van der Waals surface area contributed by atoms with Crippen LogP contribution in [0.15, 0.2) is 30.3 Å². The Morgan fingerprint density at radius 3 is 2.63 bits per heavy atom. The number of fused-ring (bicyclic) bond motifs is 1. The molecule has 0 bridgehead atoms. The number of aliphatic hydroxyl groups is 1. The summed E-state index contributed by atoms with van der Waals surface area (Å²) in [6.07, 6.45) is 4.21. The van der Waals surface area contributed by atoms with Crippen molar-refractivity contribution in [3.05, 3.63) is 35.9 Å². The summed E-state index contributed by atoms with van der Waals surface area (Å²) in [7, 11) is 0. The zero-order valence-electron chi connectivity index (χ0n) is 15.3. The second-order valence-corrected chi connectivity index (χ2v) is 7.72. The van der Waals surface area contributed by atoms with Crippen LogP contribution < -0.4 is 5.32 Å². The first-order valence-corrected chi connectivity index (χ1v) is 9.66. The number of amides is 4. The van der Waals surface area contributed by atoms with Crippen LogP contribution in [0.25, 0.3) is 0 Å². The number of benzene rings is 1. The molecule has 0 spiro atoms. The quantitative estimate of drug-likeness (QED) is 0.782. The Morgan fingerprint density at radius 2 is 1.93 bits per heavy atom. The van der Waals surface area contributed by atoms with Gasteiger partial charge >= 0.3 is 6.03 Å². The van der Waals surface area contributed by atoms with E-state index in [-0.39, 0.29) is 36.9 Å². The smallest absolute Gasteiger partial charge is 0.325 e. The van der Waals surface area contributed by atoms with Gasteiger partial charge in [-0.15, -0.1) is 0 Å². The molecular formula is C20H25N3O4. The normalized spacial score (nSPS) is 30.9. The summed E-state index contributed by atoms with van der Waals surface area (Å²) < 4.78 is 0. The van der Waals surface area contributed by atoms with Crippen LogP contribution in [-0.4, -0.2) is 58.4 Å². The molecule has 3 atom stereocenters. The Kier molecular flexibility index (Phi) is 4.63. The zero-order valence-corrected chi connectivity index (χ0v) is 15.3. The molecule has 3 aliphatic rings. The molecule has 7 nitrogen and oxygen atoms in total. The van der Waals surface area contributed by atoms with Crippen LogP contribution in [0.4, 0.5) is 4.79 Å². The standard InChI is InChI=1S/C20H25N3O4/c24-17-12-21-19(26)23(17)13-18(25)22-11-10-20(27,14-6-2-1-3-7-14)15-8-4-5-9-16(15)22/h1-3,6-7,15-16,27H,4-5,8-13H2,(H,21,26)/t15-,16-,20+/m1/s1. The molecule has 0 radical (unpaired) electrons. The number of imide groups is 1. The molecule has 2 heterocycles. The highest BCUT2D eigenvalue weighted by atomic mass is 16.3. The van der Waals surface area contributed by atoms with Gasteiger partial charge in [-0.05, 0) is 24.8 Å². The third-order valence-corrected chi connectivity index (χ3v) is 6.30. The lowest BCUT2D eigenvalue weighted by molar-refractivity contribution is -0.156. The number of hydrogen-bond acceptors (Lipinski definition) is 4. The monoisotopic (exact) mass is 371 g/mol. The third-order valence-electron chi connectivity index (χ3n) is 6.30. The molecule has 3 fully saturated rings. The first-order chi connectivity index (χ1) is 13.0. The first kappa shape index (κ1) is 18.0. The maximum Gasteiger partial charge on any atom is 0.325 e. The SMILES string of the molecule is O=C1CNC(=O)N1CC(=O)N1CC[C@](O)(c2ccccc2)[C@@H]2CCCC[C@H]21. The number of nitrogens with zero attached hydrogens (tertiary/aromatic N) is 2. The number of carbonyl (C=O) groups excluding carboxylic acids is 3. The highest BCUT2D eigenvalue weighted by Crippen LogP contribution is 2.46. The van der Waals surface area contributed by atoms with Crippen LogP contribution in [-0.2, 0) is 15.2 Å². The van der Waals surface area contributed by atoms with Gasteiger partial charge in [0.05, 0.1) is 12.1 Å². The Morgan fingerprint density at radius 1 is 1.19 bits per heavy atom. The number of urea groups is 1. The van der Waals surface area contributed by atoms with Gasteiger partial charge in [0.15, 0.2) is 0 Å². The van der Waals surface area contributed by atoms with E-state index >= 15 is 0 Å². The molecule has 0 aromatic heterocycles. The van der Waals surface area contributed by atoms with Crippen molar-refractivity contribution in [2.75, 3.05) is 19.6 Å². The number of hydrogen-bond donors (Lipinski definition) is 2. The molecule has 1 aromatic rings. The van der Waals surface area contributed by atoms with E-state index in [1.54, 1.807) is 4.90 Å². The molecule has 0 unspecified atom stereocenters. The van der Waals surface area contributed by atoms with Gasteiger partial charge < -0.3 is 15.3 Å². The molecule has 1 aliphatic carbocycles. The highest BCUT2D eigenvalue weighted by molar-refractivity contribution is 6.04. The predicted octanol–water partition coefficient (Wildman–Crippen LogP) is 1.22. The average Bonchev–Trinajstić information content (AvgIpc) is 3.01. The summed E-state index contributed by atoms with van der Waals surface area (Å²) in [5.74, 6) is -0.617. The number of piperidine rings is 1. The van der Waals surface area contributed by atoms with E-state index in [1.165, 1.54) is 0 Å². The van der Waals surface area contributed by atoms with Crippen molar-refractivity contribution in [2.45, 2.75) is 43.7 Å². The highest BCUT2D eigenvalue weighted by Gasteiger charge is 2.50. The van der Waals surface area contributed by atoms with Crippen LogP contribution in [0, 0.1) is 5.92 Å². The van der Waals surface area contributed by atoms with Gasteiger partial charge in [-0.3, -0.25) is 14.5 Å². The number of carbonyl (C=O) groups is 3. The zero-order chi connectivity index (χ0) is 19.0. The lowest BCUT2D eigenvalue weighted by Gasteiger charge is -2.52. The minimum Gasteiger partial charge on any atom is -0.385 e. The summed E-state index contributed by atoms with van der Waals surface area (Å²) in [5.41, 5.74) is -0.0349. The van der Waals surface area contributed by atoms with Gasteiger partial charge in [0, 0.05) is 18.5 Å². The fourth-order valence-electron chi connectivity index (χ4n) is 4.92. The van der Waals surface area contributed by atoms with Crippen LogP contribution in [0.3, 0.4) is 0 Å². The van der Waals surface area contributed by atoms with Crippen molar-refractivity contribution < 1.29 is 19.5 Å². The third kappa shape index (κ3) is 3.10. The van der Waals surface area contributed by atoms with Gasteiger partial charge in [0.2, 0.25) is 5.91 Å². The van der Waals surface area contributed by atoms with Crippen molar-refractivity contribution in [1.29, 1.82) is 0 Å². The van der Waals surface area contributed by atoms with Crippen LogP contribution in [0.5, 0.6) is 0 Å². The summed E-state index contributed by atoms with van der Waals surface area (Å²) in [6, 6.07) is 9.13. The molecule has 2 N–H and O–H groups in total. The van der Waals surface area contributed by atoms with E-state index in [9.17, 15) is 19.5 Å². The minimum absolute atomic E-state index is 0.0329. The van der Waals surface area contributed by atoms with Gasteiger partial charge in [0.25, 0.3) is 5.91 Å². The number of rotatable bonds is 3. The van der Waals surface area contributed by atoms with Crippen LogP contribution in [0.1, 0.15) is 37.7 Å². The summed E-state index contributed by atoms with van der Waals surface area (Å²) in [4.78, 5) is 39.3. The molecule has 7 heteroatoms. The van der Waals surface area contributed by atoms with E-state index in [4.69, 9.17) is 0 Å².